The molecule has 3 aliphatic rings. The van der Waals surface area contributed by atoms with Crippen molar-refractivity contribution in [2.45, 2.75) is 33.5 Å². The normalized spacial score (nSPS) is 16.4. The second kappa shape index (κ2) is 11.0. The number of aromatic nitrogens is 2. The van der Waals surface area contributed by atoms with E-state index in [2.05, 4.69) is 132 Å². The van der Waals surface area contributed by atoms with Gasteiger partial charge in [0.2, 0.25) is 17.1 Å². The maximum Gasteiger partial charge on any atom is 0.714 e. The molecule has 6 nitrogen and oxygen atoms in total. The average molecular weight is 605 g/mol. The average Bonchev–Trinajstić information content (AvgIpc) is 3.10. The summed E-state index contributed by atoms with van der Waals surface area (Å²) in [5.41, 5.74) is 9.84. The Balaban J connectivity index is 0.000000174. The summed E-state index contributed by atoms with van der Waals surface area (Å²) in [5.74, 6) is 2.68. The maximum absolute atomic E-state index is 6.83. The fourth-order valence-electron chi connectivity index (χ4n) is 6.47. The number of aryl methyl sites for hydroxylation is 3. The van der Waals surface area contributed by atoms with Gasteiger partial charge in [-0.05, 0) is 67.8 Å². The van der Waals surface area contributed by atoms with E-state index in [1.54, 1.807) is 0 Å². The van der Waals surface area contributed by atoms with Gasteiger partial charge in [-0.25, -0.2) is 0 Å². The van der Waals surface area contributed by atoms with E-state index in [1.807, 2.05) is 42.7 Å². The second-order valence-corrected chi connectivity index (χ2v) is 11.8. The van der Waals surface area contributed by atoms with Gasteiger partial charge in [-0.2, -0.15) is 4.57 Å². The van der Waals surface area contributed by atoms with Crippen molar-refractivity contribution in [1.82, 2.24) is 0 Å². The zero-order chi connectivity index (χ0) is 31.3. The minimum Gasteiger partial charge on any atom is -0.435 e. The quantitative estimate of drug-likeness (QED) is 0.184. The monoisotopic (exact) mass is 604 g/mol. The van der Waals surface area contributed by atoms with Crippen LogP contribution in [0.4, 0.5) is 5.69 Å². The van der Waals surface area contributed by atoms with Crippen LogP contribution in [0, 0.1) is 20.8 Å². The Kier molecular flexibility index (Phi) is 6.64. The molecular formula is C40H34N3O3+3. The molecule has 6 aromatic rings. The van der Waals surface area contributed by atoms with Crippen LogP contribution in [-0.2, 0) is 12.8 Å². The summed E-state index contributed by atoms with van der Waals surface area (Å²) >= 11 is 0. The number of benzene rings is 4. The molecule has 1 spiro atoms. The molecule has 3 aliphatic heterocycles. The number of fused-ring (bicyclic) bond motifs is 8. The second-order valence-electron chi connectivity index (χ2n) is 11.8. The molecule has 0 N–H and O–H groups in total. The zero-order valence-corrected chi connectivity index (χ0v) is 26.1. The van der Waals surface area contributed by atoms with Crippen molar-refractivity contribution in [2.75, 3.05) is 0 Å². The minimum absolute atomic E-state index is 0.605. The molecule has 6 heteroatoms. The van der Waals surface area contributed by atoms with Crippen LogP contribution in [0.3, 0.4) is 0 Å². The van der Waals surface area contributed by atoms with E-state index in [0.29, 0.717) is 6.73 Å². The van der Waals surface area contributed by atoms with E-state index in [9.17, 15) is 0 Å². The highest BCUT2D eigenvalue weighted by Gasteiger charge is 2.66. The van der Waals surface area contributed by atoms with Gasteiger partial charge in [0, 0.05) is 36.4 Å². The Morgan fingerprint density at radius 3 is 1.93 bits per heavy atom. The van der Waals surface area contributed by atoms with Gasteiger partial charge in [-0.3, -0.25) is 0 Å². The summed E-state index contributed by atoms with van der Waals surface area (Å²) in [7, 11) is 0. The Labute approximate surface area is 268 Å². The van der Waals surface area contributed by atoms with E-state index < -0.39 is 6.03 Å². The maximum atomic E-state index is 6.83. The molecule has 0 unspecified atom stereocenters. The lowest BCUT2D eigenvalue weighted by Crippen LogP contribution is -2.72. The number of hydrogen-bond donors (Lipinski definition) is 0. The van der Waals surface area contributed by atoms with E-state index >= 15 is 0 Å². The van der Waals surface area contributed by atoms with Crippen molar-refractivity contribution < 1.29 is 27.9 Å². The first-order chi connectivity index (χ1) is 22.5. The lowest BCUT2D eigenvalue weighted by atomic mass is 10.0. The van der Waals surface area contributed by atoms with Crippen LogP contribution in [0.15, 0.2) is 134 Å². The third-order valence-corrected chi connectivity index (χ3v) is 8.75. The van der Waals surface area contributed by atoms with Crippen LogP contribution in [0.25, 0.3) is 22.5 Å². The highest BCUT2D eigenvalue weighted by Crippen LogP contribution is 2.43. The molecule has 0 radical (unpaired) electrons. The molecule has 0 bridgehead atoms. The molecule has 4 aromatic carbocycles. The SMILES string of the molecule is Cc1cccc2c1OC[n+]1ccccc1-2.Cc1cccc2c1O[C@]1(Oc3c(C)cccc3-c3cccc[n+]31)[N+](c1ccccc1)=C2. The standard InChI is InChI=1S/C27H22N2O2.C13H12NO/c1-19-10-8-12-21-18-29(22-13-4-3-5-14-22)27(30-25(19)21)28-17-7-6-16-24(28)23-15-9-11-20(2)26(23)31-27;1-10-5-4-6-11-12-7-2-3-8-14(12)9-15-13(10)11/h3-18H,1-2H3;2-8H,9H2,1H3/q+2;+1/t27-;/m1./s1. The first kappa shape index (κ1) is 27.8. The number of ether oxygens (including phenoxy) is 3. The van der Waals surface area contributed by atoms with E-state index in [4.69, 9.17) is 14.2 Å². The molecule has 2 aromatic heterocycles. The number of hydrogen-bond acceptors (Lipinski definition) is 3. The fourth-order valence-corrected chi connectivity index (χ4v) is 6.47. The predicted octanol–water partition coefficient (Wildman–Crippen LogP) is 7.37. The largest absolute Gasteiger partial charge is 0.714 e. The third kappa shape index (κ3) is 4.45. The molecule has 0 fully saturated rings. The molecule has 46 heavy (non-hydrogen) atoms. The predicted molar refractivity (Wildman–Crippen MR) is 176 cm³/mol. The molecule has 1 atom stereocenters. The van der Waals surface area contributed by atoms with Crippen LogP contribution in [0.1, 0.15) is 22.3 Å². The van der Waals surface area contributed by atoms with Gasteiger partial charge in [-0.15, -0.1) is 0 Å². The molecular weight excluding hydrogens is 570 g/mol. The van der Waals surface area contributed by atoms with Crippen molar-refractivity contribution in [3.63, 3.8) is 0 Å². The third-order valence-electron chi connectivity index (χ3n) is 8.75. The Morgan fingerprint density at radius 2 is 1.15 bits per heavy atom. The summed E-state index contributed by atoms with van der Waals surface area (Å²) in [6, 6.07) is 40.1. The van der Waals surface area contributed by atoms with Crippen LogP contribution < -0.4 is 23.3 Å². The lowest BCUT2D eigenvalue weighted by molar-refractivity contribution is -0.987. The van der Waals surface area contributed by atoms with Crippen LogP contribution in [0.2, 0.25) is 0 Å². The number of para-hydroxylation sites is 4. The molecule has 5 heterocycles. The number of nitrogens with zero attached hydrogens (tertiary/aromatic N) is 3. The van der Waals surface area contributed by atoms with Gasteiger partial charge in [0.25, 0.3) is 6.73 Å². The highest BCUT2D eigenvalue weighted by molar-refractivity contribution is 5.82. The van der Waals surface area contributed by atoms with Gasteiger partial charge < -0.3 is 14.2 Å². The Morgan fingerprint density at radius 1 is 0.543 bits per heavy atom. The first-order valence-corrected chi connectivity index (χ1v) is 15.5. The number of rotatable bonds is 1. The highest BCUT2D eigenvalue weighted by atomic mass is 16.7. The van der Waals surface area contributed by atoms with E-state index in [-0.39, 0.29) is 0 Å². The van der Waals surface area contributed by atoms with Crippen molar-refractivity contribution in [3.8, 4) is 39.8 Å². The number of pyridine rings is 2. The van der Waals surface area contributed by atoms with Crippen LogP contribution in [0.5, 0.6) is 17.2 Å². The molecule has 0 saturated heterocycles. The van der Waals surface area contributed by atoms with Crippen LogP contribution in [-0.4, -0.2) is 10.8 Å². The van der Waals surface area contributed by atoms with Gasteiger partial charge >= 0.3 is 6.03 Å². The molecule has 0 aliphatic carbocycles. The molecule has 0 saturated carbocycles. The van der Waals surface area contributed by atoms with Crippen LogP contribution >= 0.6 is 0 Å². The van der Waals surface area contributed by atoms with Crippen molar-refractivity contribution in [2.24, 2.45) is 0 Å². The minimum atomic E-state index is -1.23. The summed E-state index contributed by atoms with van der Waals surface area (Å²) in [6.07, 6.45) is 6.18. The summed E-state index contributed by atoms with van der Waals surface area (Å²) < 4.78 is 25.7. The van der Waals surface area contributed by atoms with Gasteiger partial charge in [0.15, 0.2) is 30.1 Å². The Bertz CT molecular complexity index is 2160. The van der Waals surface area contributed by atoms with Gasteiger partial charge in [0.05, 0.1) is 16.7 Å². The molecule has 0 amide bonds. The first-order valence-electron chi connectivity index (χ1n) is 15.5. The molecule has 9 rings (SSSR count). The fraction of sp³-hybridized carbons (Fsp3) is 0.125. The van der Waals surface area contributed by atoms with Crippen molar-refractivity contribution >= 4 is 11.9 Å². The molecule has 224 valence electrons. The van der Waals surface area contributed by atoms with Gasteiger partial charge in [0.1, 0.15) is 5.75 Å². The Hall–Kier alpha value is -5.75. The zero-order valence-electron chi connectivity index (χ0n) is 26.1. The van der Waals surface area contributed by atoms with Gasteiger partial charge in [-0.1, -0.05) is 63.7 Å². The van der Waals surface area contributed by atoms with Crippen molar-refractivity contribution in [1.29, 1.82) is 0 Å². The van der Waals surface area contributed by atoms with E-state index in [0.717, 1.165) is 50.9 Å². The van der Waals surface area contributed by atoms with Crippen molar-refractivity contribution in [3.05, 3.63) is 156 Å². The lowest BCUT2D eigenvalue weighted by Gasteiger charge is -2.32. The summed E-state index contributed by atoms with van der Waals surface area (Å²) in [4.78, 5) is 0. The summed E-state index contributed by atoms with van der Waals surface area (Å²) in [5, 5.41) is 0. The topological polar surface area (TPSA) is 38.5 Å². The smallest absolute Gasteiger partial charge is 0.435 e. The summed E-state index contributed by atoms with van der Waals surface area (Å²) in [6.45, 7) is 6.83. The van der Waals surface area contributed by atoms with E-state index in [1.165, 1.54) is 16.8 Å².